The molecule has 27 heavy (non-hydrogen) atoms. The summed E-state index contributed by atoms with van der Waals surface area (Å²) in [5.41, 5.74) is 1.69. The van der Waals surface area contributed by atoms with Crippen molar-refractivity contribution in [2.75, 3.05) is 7.11 Å². The molecule has 4 nitrogen and oxygen atoms in total. The van der Waals surface area contributed by atoms with Crippen LogP contribution in [0.25, 0.3) is 33.4 Å². The van der Waals surface area contributed by atoms with Crippen LogP contribution in [0.15, 0.2) is 60.8 Å². The summed E-state index contributed by atoms with van der Waals surface area (Å²) in [6.07, 6.45) is 1.54. The number of nitrogens with zero attached hydrogens (tertiary/aromatic N) is 2. The first-order valence-corrected chi connectivity index (χ1v) is 8.74. The zero-order chi connectivity index (χ0) is 19.0. The number of phenols is 1. The van der Waals surface area contributed by atoms with Gasteiger partial charge >= 0.3 is 0 Å². The number of aromatic hydroxyl groups is 1. The van der Waals surface area contributed by atoms with E-state index in [2.05, 4.69) is 4.98 Å². The number of pyridine rings is 1. The number of ether oxygens (including phenoxy) is 1. The van der Waals surface area contributed by atoms with Crippen molar-refractivity contribution in [3.05, 3.63) is 66.6 Å². The van der Waals surface area contributed by atoms with Crippen LogP contribution in [0.2, 0.25) is 0 Å². The molecule has 0 fully saturated rings. The number of aromatic nitrogens is 2. The summed E-state index contributed by atoms with van der Waals surface area (Å²) in [7, 11) is 1.49. The Kier molecular flexibility index (Phi) is 4.45. The Morgan fingerprint density at radius 3 is 2.63 bits per heavy atom. The molecular formula is C20H14F2N2O2S. The SMILES string of the molecule is COc1ccc(F)c(-c2c(-c3ccccc3O)n(SF)c3ncccc23)c1. The maximum Gasteiger partial charge on any atom is 0.171 e. The van der Waals surface area contributed by atoms with E-state index in [9.17, 15) is 13.4 Å². The van der Waals surface area contributed by atoms with Gasteiger partial charge in [0.2, 0.25) is 0 Å². The van der Waals surface area contributed by atoms with E-state index in [1.807, 2.05) is 0 Å². The number of phenolic OH excluding ortho intramolecular Hbond substituents is 1. The Bertz CT molecular complexity index is 1140. The quantitative estimate of drug-likeness (QED) is 0.497. The lowest BCUT2D eigenvalue weighted by Crippen LogP contribution is -1.93. The van der Waals surface area contributed by atoms with Gasteiger partial charge in [0.25, 0.3) is 0 Å². The fourth-order valence-corrected chi connectivity index (χ4v) is 3.64. The Morgan fingerprint density at radius 2 is 1.89 bits per heavy atom. The van der Waals surface area contributed by atoms with Crippen molar-refractivity contribution < 1.29 is 18.1 Å². The maximum absolute atomic E-state index is 14.8. The molecule has 0 radical (unpaired) electrons. The predicted molar refractivity (Wildman–Crippen MR) is 103 cm³/mol. The second-order valence-electron chi connectivity index (χ2n) is 5.82. The number of fused-ring (bicyclic) bond motifs is 1. The molecule has 0 aliphatic carbocycles. The van der Waals surface area contributed by atoms with Gasteiger partial charge in [-0.1, -0.05) is 12.1 Å². The van der Waals surface area contributed by atoms with Gasteiger partial charge in [0.15, 0.2) is 18.0 Å². The number of methoxy groups -OCH3 is 1. The second-order valence-corrected chi connectivity index (χ2v) is 6.33. The summed E-state index contributed by atoms with van der Waals surface area (Å²) in [5, 5.41) is 10.9. The lowest BCUT2D eigenvalue weighted by atomic mass is 9.98. The minimum Gasteiger partial charge on any atom is -0.507 e. The molecule has 0 saturated carbocycles. The van der Waals surface area contributed by atoms with Crippen molar-refractivity contribution in [2.45, 2.75) is 0 Å². The summed E-state index contributed by atoms with van der Waals surface area (Å²) in [4.78, 5) is 4.25. The molecule has 2 heterocycles. The number of para-hydroxylation sites is 1. The van der Waals surface area contributed by atoms with E-state index in [0.29, 0.717) is 33.6 Å². The summed E-state index contributed by atoms with van der Waals surface area (Å²) >= 11 is -0.0509. The monoisotopic (exact) mass is 384 g/mol. The molecule has 0 amide bonds. The van der Waals surface area contributed by atoms with E-state index in [1.165, 1.54) is 35.5 Å². The molecule has 0 atom stereocenters. The molecule has 4 rings (SSSR count). The molecule has 4 aromatic rings. The van der Waals surface area contributed by atoms with Gasteiger partial charge in [-0.15, -0.1) is 3.89 Å². The van der Waals surface area contributed by atoms with E-state index >= 15 is 0 Å². The van der Waals surface area contributed by atoms with Crippen LogP contribution in [0.1, 0.15) is 0 Å². The minimum absolute atomic E-state index is 0.0415. The molecule has 0 bridgehead atoms. The highest BCUT2D eigenvalue weighted by molar-refractivity contribution is 7.93. The summed E-state index contributed by atoms with van der Waals surface area (Å²) < 4.78 is 35.2. The van der Waals surface area contributed by atoms with E-state index in [0.717, 1.165) is 0 Å². The van der Waals surface area contributed by atoms with Crippen molar-refractivity contribution in [1.82, 2.24) is 8.96 Å². The Labute approximate surface area is 158 Å². The average Bonchev–Trinajstić information content (AvgIpc) is 3.02. The molecule has 0 saturated heterocycles. The molecule has 0 aliphatic heterocycles. The number of benzene rings is 2. The first-order valence-electron chi connectivity index (χ1n) is 8.06. The Balaban J connectivity index is 2.18. The van der Waals surface area contributed by atoms with Gasteiger partial charge in [0.1, 0.15) is 17.3 Å². The van der Waals surface area contributed by atoms with E-state index in [-0.39, 0.29) is 23.6 Å². The second kappa shape index (κ2) is 6.92. The minimum atomic E-state index is -0.487. The number of rotatable bonds is 4. The zero-order valence-corrected chi connectivity index (χ0v) is 15.0. The average molecular weight is 384 g/mol. The van der Waals surface area contributed by atoms with Gasteiger partial charge in [-0.2, -0.15) is 0 Å². The summed E-state index contributed by atoms with van der Waals surface area (Å²) in [5.74, 6) is -0.0632. The van der Waals surface area contributed by atoms with Gasteiger partial charge in [-0.05, 0) is 42.5 Å². The van der Waals surface area contributed by atoms with Crippen LogP contribution in [0.3, 0.4) is 0 Å². The van der Waals surface area contributed by atoms with Crippen LogP contribution >= 0.6 is 12.3 Å². The molecule has 1 N–H and O–H groups in total. The first-order chi connectivity index (χ1) is 13.2. The van der Waals surface area contributed by atoms with Crippen molar-refractivity contribution in [3.8, 4) is 33.9 Å². The van der Waals surface area contributed by atoms with Gasteiger partial charge < -0.3 is 9.84 Å². The van der Waals surface area contributed by atoms with Gasteiger partial charge in [-0.3, -0.25) is 0 Å². The zero-order valence-electron chi connectivity index (χ0n) is 14.2. The van der Waals surface area contributed by atoms with Gasteiger partial charge in [0, 0.05) is 28.3 Å². The number of halogens is 2. The van der Waals surface area contributed by atoms with Crippen molar-refractivity contribution >= 4 is 23.4 Å². The third-order valence-corrected chi connectivity index (χ3v) is 4.85. The molecule has 0 spiro atoms. The third kappa shape index (κ3) is 2.80. The Hall–Kier alpha value is -3.06. The predicted octanol–water partition coefficient (Wildman–Crippen LogP) is 5.60. The van der Waals surface area contributed by atoms with Crippen LogP contribution in [-0.4, -0.2) is 21.2 Å². The fourth-order valence-electron chi connectivity index (χ4n) is 3.17. The Morgan fingerprint density at radius 1 is 1.07 bits per heavy atom. The van der Waals surface area contributed by atoms with Crippen molar-refractivity contribution in [3.63, 3.8) is 0 Å². The largest absolute Gasteiger partial charge is 0.507 e. The normalized spacial score (nSPS) is 11.1. The van der Waals surface area contributed by atoms with Crippen LogP contribution in [0.4, 0.5) is 8.28 Å². The third-order valence-electron chi connectivity index (χ3n) is 4.36. The molecule has 7 heteroatoms. The van der Waals surface area contributed by atoms with E-state index < -0.39 is 5.82 Å². The lowest BCUT2D eigenvalue weighted by Gasteiger charge is -2.11. The van der Waals surface area contributed by atoms with Gasteiger partial charge in [0.05, 0.1) is 12.8 Å². The van der Waals surface area contributed by atoms with Crippen LogP contribution < -0.4 is 4.74 Å². The summed E-state index contributed by atoms with van der Waals surface area (Å²) in [6, 6.07) is 14.3. The fraction of sp³-hybridized carbons (Fsp3) is 0.0500. The maximum atomic E-state index is 14.8. The van der Waals surface area contributed by atoms with E-state index in [1.54, 1.807) is 36.4 Å². The van der Waals surface area contributed by atoms with Crippen molar-refractivity contribution in [2.24, 2.45) is 0 Å². The molecular weight excluding hydrogens is 370 g/mol. The van der Waals surface area contributed by atoms with Crippen LogP contribution in [-0.2, 0) is 0 Å². The highest BCUT2D eigenvalue weighted by Gasteiger charge is 2.25. The molecule has 2 aromatic heterocycles. The number of hydrogen-bond donors (Lipinski definition) is 1. The highest BCUT2D eigenvalue weighted by Crippen LogP contribution is 2.46. The summed E-state index contributed by atoms with van der Waals surface area (Å²) in [6.45, 7) is 0. The topological polar surface area (TPSA) is 47.3 Å². The molecule has 0 aliphatic rings. The van der Waals surface area contributed by atoms with Crippen molar-refractivity contribution in [1.29, 1.82) is 0 Å². The smallest absolute Gasteiger partial charge is 0.171 e. The molecule has 136 valence electrons. The standard InChI is InChI=1S/C20H14F2N2O2S/c1-26-12-8-9-16(21)15(11-12)18-14-6-4-10-23-20(14)24(27-22)19(18)13-5-2-3-7-17(13)25/h2-11,25H,1H3. The van der Waals surface area contributed by atoms with Gasteiger partial charge in [-0.25, -0.2) is 13.3 Å². The first kappa shape index (κ1) is 17.4. The molecule has 0 unspecified atom stereocenters. The molecule has 2 aromatic carbocycles. The van der Waals surface area contributed by atoms with Crippen LogP contribution in [0, 0.1) is 5.82 Å². The lowest BCUT2D eigenvalue weighted by molar-refractivity contribution is 0.414. The van der Waals surface area contributed by atoms with Crippen LogP contribution in [0.5, 0.6) is 11.5 Å². The number of hydrogen-bond acceptors (Lipinski definition) is 4. The van der Waals surface area contributed by atoms with E-state index in [4.69, 9.17) is 4.74 Å². The highest BCUT2D eigenvalue weighted by atomic mass is 32.2.